The third kappa shape index (κ3) is 23.3. The van der Waals surface area contributed by atoms with Crippen molar-refractivity contribution in [3.8, 4) is 0 Å². The van der Waals surface area contributed by atoms with Gasteiger partial charge in [0, 0.05) is 5.79 Å². The van der Waals surface area contributed by atoms with Gasteiger partial charge in [0.15, 0.2) is 16.1 Å². The summed E-state index contributed by atoms with van der Waals surface area (Å²) in [4.78, 5) is 52.5. The minimum absolute atomic E-state index is 0.0364. The van der Waals surface area contributed by atoms with Crippen molar-refractivity contribution >= 4 is 60.7 Å². The molecule has 0 unspecified atom stereocenters. The first kappa shape index (κ1) is 49.4. The molecule has 42 heavy (non-hydrogen) atoms. The normalized spacial score (nSPS) is 15.0. The molecule has 0 aliphatic rings. The first-order valence-electron chi connectivity index (χ1n) is 14.3. The number of hydrogen-bond acceptors (Lipinski definition) is 7. The monoisotopic (exact) mass is 788 g/mol. The molecule has 0 bridgehead atoms. The van der Waals surface area contributed by atoms with Crippen LogP contribution in [0.5, 0.6) is 0 Å². The first-order valence-corrected chi connectivity index (χ1v) is 37.0. The Balaban J connectivity index is -0.000000683. The zero-order valence-electron chi connectivity index (χ0n) is 30.4. The Kier molecular flexibility index (Phi) is 20.1. The predicted molar refractivity (Wildman–Crippen MR) is 205 cm³/mol. The van der Waals surface area contributed by atoms with Gasteiger partial charge in [-0.2, -0.15) is 0 Å². The van der Waals surface area contributed by atoms with E-state index in [4.69, 9.17) is 3.67 Å². The molecule has 0 aromatic heterocycles. The van der Waals surface area contributed by atoms with Crippen LogP contribution < -0.4 is 0 Å². The second-order valence-electron chi connectivity index (χ2n) is 17.7. The van der Waals surface area contributed by atoms with Crippen LogP contribution in [-0.2, 0) is 25.6 Å². The van der Waals surface area contributed by atoms with Gasteiger partial charge < -0.3 is 4.57 Å². The van der Waals surface area contributed by atoms with Crippen molar-refractivity contribution in [2.75, 3.05) is 115 Å². The van der Waals surface area contributed by atoms with E-state index in [9.17, 15) is 29.0 Å². The Morgan fingerprint density at radius 2 is 0.667 bits per heavy atom. The molecule has 0 aromatic rings. The Bertz CT molecular complexity index is 801. The topological polar surface area (TPSA) is 135 Å². The van der Waals surface area contributed by atoms with Crippen molar-refractivity contribution in [3.63, 3.8) is 0 Å². The molecule has 0 heterocycles. The number of hydrogen-bond donors (Lipinski definition) is 5. The molecule has 0 saturated carbocycles. The van der Waals surface area contributed by atoms with Gasteiger partial charge >= 0.3 is 21.0 Å². The zero-order valence-corrected chi connectivity index (χ0v) is 39.2. The molecule has 0 aromatic carbocycles. The summed E-state index contributed by atoms with van der Waals surface area (Å²) in [6, 6.07) is 0. The Morgan fingerprint density at radius 1 is 0.500 bits per heavy atom. The molecular formula is C26H71O7P6Si2V+7. The van der Waals surface area contributed by atoms with Crippen molar-refractivity contribution in [1.82, 2.24) is 0 Å². The van der Waals surface area contributed by atoms with Crippen molar-refractivity contribution in [2.45, 2.75) is 51.6 Å². The van der Waals surface area contributed by atoms with Gasteiger partial charge in [0.1, 0.15) is 37.4 Å². The average Bonchev–Trinajstić information content (AvgIpc) is 2.52. The summed E-state index contributed by atoms with van der Waals surface area (Å²) < 4.78 is 20.7. The summed E-state index contributed by atoms with van der Waals surface area (Å²) in [6.07, 6.45) is 0. The van der Waals surface area contributed by atoms with Gasteiger partial charge in [-0.25, -0.2) is 0 Å². The van der Waals surface area contributed by atoms with E-state index in [1.807, 2.05) is 80.0 Å². The molecule has 7 nitrogen and oxygen atoms in total. The van der Waals surface area contributed by atoms with Gasteiger partial charge in [0.25, 0.3) is 0 Å². The molecule has 5 N–H and O–H groups in total. The molecule has 0 spiro atoms. The van der Waals surface area contributed by atoms with Crippen LogP contribution in [0.3, 0.4) is 0 Å². The molecule has 0 atom stereocenters. The quantitative estimate of drug-likeness (QED) is 0.105. The average molecular weight is 789 g/mol. The molecule has 0 radical (unpaired) electrons. The first-order chi connectivity index (χ1) is 17.7. The van der Waals surface area contributed by atoms with Crippen LogP contribution >= 0.6 is 44.6 Å². The van der Waals surface area contributed by atoms with Crippen LogP contribution in [0.15, 0.2) is 0 Å². The molecule has 16 heteroatoms. The van der Waals surface area contributed by atoms with Crippen LogP contribution in [0.25, 0.3) is 0 Å². The third-order valence-electron chi connectivity index (χ3n) is 7.31. The fourth-order valence-corrected chi connectivity index (χ4v) is 60.8. The van der Waals surface area contributed by atoms with Gasteiger partial charge in [-0.15, -0.1) is 0 Å². The summed E-state index contributed by atoms with van der Waals surface area (Å²) in [5.41, 5.74) is 0. The maximum atomic E-state index is 12.5. The standard InChI is InChI=1S/C13H36O3P3Si.C13H35O3P3Si.O.V/c2*1-13(2,3)20(10-17(4,5)14,11-18(6,7)15)12-19(8,9)16;;/h14-16H,10-12H2,1-9H3;14-15H,10-12H2,1-9H3;;/q+3;+2;;+2. The Morgan fingerprint density at radius 3 is 0.786 bits per heavy atom. The van der Waals surface area contributed by atoms with E-state index >= 15 is 0 Å². The fraction of sp³-hybridized carbons (Fsp3) is 1.00. The summed E-state index contributed by atoms with van der Waals surface area (Å²) >= 11 is 1.06. The second-order valence-corrected chi connectivity index (χ2v) is 52.8. The zero-order chi connectivity index (χ0) is 35.2. The van der Waals surface area contributed by atoms with Crippen molar-refractivity contribution in [1.29, 1.82) is 0 Å². The van der Waals surface area contributed by atoms with Gasteiger partial charge in [-0.3, -0.25) is 24.5 Å². The third-order valence-corrected chi connectivity index (χ3v) is 46.7. The van der Waals surface area contributed by atoms with Crippen LogP contribution in [-0.4, -0.2) is 155 Å². The fourth-order valence-electron chi connectivity index (χ4n) is 6.16. The number of rotatable bonds is 12. The molecule has 0 amide bonds. The summed E-state index contributed by atoms with van der Waals surface area (Å²) in [7, 11) is -16.0. The van der Waals surface area contributed by atoms with Gasteiger partial charge in [0.05, 0.1) is 103 Å². The molecule has 0 fully saturated rings. The minimum atomic E-state index is -2.18. The maximum absolute atomic E-state index is 12.5. The molecule has 253 valence electrons. The van der Waals surface area contributed by atoms with Crippen molar-refractivity contribution < 1.29 is 50.1 Å². The van der Waals surface area contributed by atoms with E-state index in [1.54, 1.807) is 0 Å². The van der Waals surface area contributed by atoms with E-state index < -0.39 is 60.7 Å². The van der Waals surface area contributed by atoms with Crippen LogP contribution in [0.4, 0.5) is 0 Å². The second kappa shape index (κ2) is 17.1. The van der Waals surface area contributed by atoms with E-state index in [-0.39, 0.29) is 10.1 Å². The SMILES string of the molecule is CC(C)(C)[Si](CP(C)(C)=O)(C[P+](C)(C)O)C[P+](C)(C)O.CC(C)(C)[Si](C[P+](C)(C)O)(C[P+](C)(C)O)C[P+](C)(C)O.[O]=[V+2]. The Labute approximate surface area is 275 Å². The molecule has 0 rings (SSSR count). The van der Waals surface area contributed by atoms with E-state index in [2.05, 4.69) is 41.5 Å². The van der Waals surface area contributed by atoms with E-state index in [0.29, 0.717) is 0 Å². The van der Waals surface area contributed by atoms with Crippen molar-refractivity contribution in [2.24, 2.45) is 0 Å². The Hall–Kier alpha value is 3.00. The predicted octanol–water partition coefficient (Wildman–Crippen LogP) is 7.13. The van der Waals surface area contributed by atoms with E-state index in [1.165, 1.54) is 0 Å². The molecular weight excluding hydrogens is 717 g/mol. The molecule has 0 aliphatic heterocycles. The van der Waals surface area contributed by atoms with Gasteiger partial charge in [-0.1, -0.05) is 41.5 Å². The van der Waals surface area contributed by atoms with Crippen molar-refractivity contribution in [3.05, 3.63) is 0 Å². The van der Waals surface area contributed by atoms with Crippen LogP contribution in [0, 0.1) is 0 Å². The van der Waals surface area contributed by atoms with Gasteiger partial charge in [0.2, 0.25) is 0 Å². The van der Waals surface area contributed by atoms with Gasteiger partial charge in [-0.05, 0) is 23.4 Å². The van der Waals surface area contributed by atoms with Crippen LogP contribution in [0.2, 0.25) is 10.1 Å². The summed E-state index contributed by atoms with van der Waals surface area (Å²) in [5.74, 6) is 4.88. The van der Waals surface area contributed by atoms with E-state index in [0.717, 1.165) is 52.1 Å². The van der Waals surface area contributed by atoms with Crippen LogP contribution in [0.1, 0.15) is 41.5 Å². The molecule has 0 aliphatic carbocycles. The summed E-state index contributed by atoms with van der Waals surface area (Å²) in [6.45, 7) is 36.6. The summed E-state index contributed by atoms with van der Waals surface area (Å²) in [5, 5.41) is 0.113. The molecule has 0 saturated heterocycles.